The Labute approximate surface area is 151 Å². The lowest BCUT2D eigenvalue weighted by atomic mass is 9.53. The van der Waals surface area contributed by atoms with Crippen LogP contribution in [0, 0.1) is 16.7 Å². The topological polar surface area (TPSA) is 26.3 Å². The van der Waals surface area contributed by atoms with Gasteiger partial charge >= 0.3 is 5.97 Å². The zero-order valence-corrected chi connectivity index (χ0v) is 16.0. The maximum atomic E-state index is 12.6. The fourth-order valence-electron chi connectivity index (χ4n) is 6.27. The summed E-state index contributed by atoms with van der Waals surface area (Å²) in [5.74, 6) is 0.771. The summed E-state index contributed by atoms with van der Waals surface area (Å²) in [6.45, 7) is 9.40. The molecule has 0 bridgehead atoms. The summed E-state index contributed by atoms with van der Waals surface area (Å²) >= 11 is 0. The molecule has 2 nitrogen and oxygen atoms in total. The third-order valence-electron chi connectivity index (χ3n) is 7.41. The second-order valence-corrected chi connectivity index (χ2v) is 9.29. The summed E-state index contributed by atoms with van der Waals surface area (Å²) in [5, 5.41) is 0. The van der Waals surface area contributed by atoms with Crippen molar-refractivity contribution in [2.24, 2.45) is 16.7 Å². The second-order valence-electron chi connectivity index (χ2n) is 9.29. The van der Waals surface area contributed by atoms with Gasteiger partial charge in [0.15, 0.2) is 0 Å². The van der Waals surface area contributed by atoms with E-state index in [9.17, 15) is 4.79 Å². The molecule has 0 N–H and O–H groups in total. The molecule has 0 unspecified atom stereocenters. The standard InChI is InChI=1S/C23H30O2/c1-15-17(16-9-6-5-7-10-16)13-18-21(15)23(4)12-8-11-22(2,3)19(23)14-20(24)25-18/h5-7,9-10,17-19H,8,11-14H2,1-4H3/t17-,18-,19-,23-/m0/s1. The van der Waals surface area contributed by atoms with Gasteiger partial charge in [0.25, 0.3) is 0 Å². The van der Waals surface area contributed by atoms with Gasteiger partial charge in [-0.15, -0.1) is 0 Å². The van der Waals surface area contributed by atoms with Gasteiger partial charge in [-0.25, -0.2) is 0 Å². The Bertz CT molecular complexity index is 715. The van der Waals surface area contributed by atoms with Crippen molar-refractivity contribution in [3.63, 3.8) is 0 Å². The normalized spacial score (nSPS) is 37.1. The van der Waals surface area contributed by atoms with Gasteiger partial charge in [-0.3, -0.25) is 4.79 Å². The number of rotatable bonds is 1. The Morgan fingerprint density at radius 1 is 1.08 bits per heavy atom. The molecule has 0 amide bonds. The van der Waals surface area contributed by atoms with Crippen LogP contribution in [-0.2, 0) is 9.53 Å². The van der Waals surface area contributed by atoms with E-state index < -0.39 is 0 Å². The molecule has 0 radical (unpaired) electrons. The van der Waals surface area contributed by atoms with E-state index in [1.54, 1.807) is 0 Å². The molecule has 1 saturated carbocycles. The first-order chi connectivity index (χ1) is 11.8. The summed E-state index contributed by atoms with van der Waals surface area (Å²) in [6, 6.07) is 10.7. The number of ether oxygens (including phenoxy) is 1. The number of hydrogen-bond acceptors (Lipinski definition) is 2. The summed E-state index contributed by atoms with van der Waals surface area (Å²) < 4.78 is 6.01. The van der Waals surface area contributed by atoms with Crippen LogP contribution in [0.15, 0.2) is 41.5 Å². The summed E-state index contributed by atoms with van der Waals surface area (Å²) in [5.41, 5.74) is 4.54. The molecule has 134 valence electrons. The minimum absolute atomic E-state index is 0.00714. The molecule has 1 aliphatic heterocycles. The lowest BCUT2D eigenvalue weighted by molar-refractivity contribution is -0.148. The van der Waals surface area contributed by atoms with Gasteiger partial charge in [0, 0.05) is 12.3 Å². The van der Waals surface area contributed by atoms with Crippen LogP contribution in [0.1, 0.15) is 71.3 Å². The molecule has 3 aliphatic rings. The van der Waals surface area contributed by atoms with Crippen molar-refractivity contribution in [1.29, 1.82) is 0 Å². The highest BCUT2D eigenvalue weighted by molar-refractivity contribution is 5.72. The Morgan fingerprint density at radius 3 is 2.52 bits per heavy atom. The number of carbonyl (C=O) groups excluding carboxylic acids is 1. The minimum Gasteiger partial charge on any atom is -0.458 e. The molecule has 1 aromatic rings. The zero-order valence-electron chi connectivity index (χ0n) is 16.0. The van der Waals surface area contributed by atoms with Crippen molar-refractivity contribution in [3.05, 3.63) is 47.0 Å². The van der Waals surface area contributed by atoms with Crippen LogP contribution < -0.4 is 0 Å². The van der Waals surface area contributed by atoms with E-state index in [1.807, 2.05) is 0 Å². The first kappa shape index (κ1) is 16.9. The maximum absolute atomic E-state index is 12.6. The molecule has 1 heterocycles. The molecular formula is C23H30O2. The van der Waals surface area contributed by atoms with Crippen LogP contribution in [0.4, 0.5) is 0 Å². The quantitative estimate of drug-likeness (QED) is 0.489. The number of allylic oxidation sites excluding steroid dienone is 1. The van der Waals surface area contributed by atoms with Gasteiger partial charge in [0.05, 0.1) is 0 Å². The average molecular weight is 338 g/mol. The average Bonchev–Trinajstić information content (AvgIpc) is 2.82. The summed E-state index contributed by atoms with van der Waals surface area (Å²) in [7, 11) is 0. The van der Waals surface area contributed by atoms with Gasteiger partial charge < -0.3 is 4.74 Å². The maximum Gasteiger partial charge on any atom is 0.306 e. The number of hydrogen-bond donors (Lipinski definition) is 0. The fourth-order valence-corrected chi connectivity index (χ4v) is 6.27. The van der Waals surface area contributed by atoms with Gasteiger partial charge in [0.2, 0.25) is 0 Å². The molecule has 2 heteroatoms. The third-order valence-corrected chi connectivity index (χ3v) is 7.41. The van der Waals surface area contributed by atoms with E-state index in [4.69, 9.17) is 4.74 Å². The first-order valence-corrected chi connectivity index (χ1v) is 9.78. The van der Waals surface area contributed by atoms with Crippen molar-refractivity contribution in [1.82, 2.24) is 0 Å². The SMILES string of the molecule is CC1=C2[C@H](C[C@@H]1c1ccccc1)OC(=O)C[C@H]1C(C)(C)CCC[C@]21C. The first-order valence-electron chi connectivity index (χ1n) is 9.78. The Hall–Kier alpha value is -1.57. The van der Waals surface area contributed by atoms with Gasteiger partial charge in [0.1, 0.15) is 6.10 Å². The minimum atomic E-state index is -0.0263. The van der Waals surface area contributed by atoms with E-state index in [1.165, 1.54) is 36.0 Å². The molecule has 1 saturated heterocycles. The molecule has 0 spiro atoms. The number of benzene rings is 1. The van der Waals surface area contributed by atoms with Crippen LogP contribution in [0.2, 0.25) is 0 Å². The molecule has 4 atom stereocenters. The van der Waals surface area contributed by atoms with Crippen molar-refractivity contribution < 1.29 is 9.53 Å². The van der Waals surface area contributed by atoms with Crippen molar-refractivity contribution in [3.8, 4) is 0 Å². The Kier molecular flexibility index (Phi) is 3.86. The molecule has 2 fully saturated rings. The zero-order chi connectivity index (χ0) is 17.8. The monoisotopic (exact) mass is 338 g/mol. The smallest absolute Gasteiger partial charge is 0.306 e. The number of esters is 1. The van der Waals surface area contributed by atoms with E-state index in [2.05, 4.69) is 58.0 Å². The van der Waals surface area contributed by atoms with Gasteiger partial charge in [-0.2, -0.15) is 0 Å². The van der Waals surface area contributed by atoms with Gasteiger partial charge in [-0.05, 0) is 54.1 Å². The Morgan fingerprint density at radius 2 is 1.80 bits per heavy atom. The van der Waals surface area contributed by atoms with E-state index in [0.29, 0.717) is 18.3 Å². The highest BCUT2D eigenvalue weighted by atomic mass is 16.5. The van der Waals surface area contributed by atoms with Gasteiger partial charge in [-0.1, -0.05) is 63.1 Å². The molecule has 1 aromatic carbocycles. The summed E-state index contributed by atoms with van der Waals surface area (Å²) in [6.07, 6.45) is 5.10. The molecule has 0 aromatic heterocycles. The lowest BCUT2D eigenvalue weighted by Crippen LogP contribution is -2.44. The largest absolute Gasteiger partial charge is 0.458 e. The van der Waals surface area contributed by atoms with Crippen molar-refractivity contribution in [2.75, 3.05) is 0 Å². The molecule has 2 aliphatic carbocycles. The summed E-state index contributed by atoms with van der Waals surface area (Å²) in [4.78, 5) is 12.6. The molecular weight excluding hydrogens is 308 g/mol. The molecule has 4 rings (SSSR count). The predicted molar refractivity (Wildman–Crippen MR) is 100 cm³/mol. The third kappa shape index (κ3) is 2.56. The predicted octanol–water partition coefficient (Wildman–Crippen LogP) is 5.64. The fraction of sp³-hybridized carbons (Fsp3) is 0.609. The van der Waals surface area contributed by atoms with E-state index in [0.717, 1.165) is 6.42 Å². The number of fused-ring (bicyclic) bond motifs is 3. The highest BCUT2D eigenvalue weighted by Gasteiger charge is 2.55. The second kappa shape index (κ2) is 5.72. The molecule has 25 heavy (non-hydrogen) atoms. The highest BCUT2D eigenvalue weighted by Crippen LogP contribution is 2.61. The van der Waals surface area contributed by atoms with Crippen LogP contribution in [0.5, 0.6) is 0 Å². The van der Waals surface area contributed by atoms with E-state index in [-0.39, 0.29) is 22.9 Å². The van der Waals surface area contributed by atoms with Crippen molar-refractivity contribution >= 4 is 5.97 Å². The lowest BCUT2D eigenvalue weighted by Gasteiger charge is -2.51. The van der Waals surface area contributed by atoms with Crippen LogP contribution in [0.3, 0.4) is 0 Å². The van der Waals surface area contributed by atoms with Crippen LogP contribution in [-0.4, -0.2) is 12.1 Å². The number of carbonyl (C=O) groups is 1. The van der Waals surface area contributed by atoms with Crippen LogP contribution >= 0.6 is 0 Å². The Balaban J connectivity index is 1.83. The van der Waals surface area contributed by atoms with Crippen molar-refractivity contribution in [2.45, 2.75) is 71.8 Å². The van der Waals surface area contributed by atoms with E-state index >= 15 is 0 Å². The van der Waals surface area contributed by atoms with Crippen LogP contribution in [0.25, 0.3) is 0 Å².